The fraction of sp³-hybridized carbons (Fsp3) is 0.280. The number of nitriles is 1. The fourth-order valence-electron chi connectivity index (χ4n) is 3.56. The molecular weight excluding hydrogens is 400 g/mol. The van der Waals surface area contributed by atoms with Crippen LogP contribution in [0, 0.1) is 11.3 Å². The van der Waals surface area contributed by atoms with Gasteiger partial charge in [0, 0.05) is 24.2 Å². The minimum absolute atomic E-state index is 0.0291. The maximum atomic E-state index is 12.4. The highest BCUT2D eigenvalue weighted by atomic mass is 16.1. The summed E-state index contributed by atoms with van der Waals surface area (Å²) >= 11 is 0. The molecule has 2 aromatic carbocycles. The van der Waals surface area contributed by atoms with Crippen molar-refractivity contribution in [2.75, 3.05) is 5.43 Å². The van der Waals surface area contributed by atoms with E-state index in [1.54, 1.807) is 18.3 Å². The number of H-pyrrole nitrogens is 1. The van der Waals surface area contributed by atoms with E-state index < -0.39 is 5.56 Å². The van der Waals surface area contributed by atoms with Gasteiger partial charge in [-0.1, -0.05) is 54.6 Å². The first-order valence-corrected chi connectivity index (χ1v) is 10.6. The van der Waals surface area contributed by atoms with Crippen molar-refractivity contribution in [1.29, 1.82) is 5.26 Å². The molecule has 0 atom stereocenters. The summed E-state index contributed by atoms with van der Waals surface area (Å²) in [5.41, 5.74) is 5.41. The molecule has 0 aliphatic rings. The zero-order chi connectivity index (χ0) is 23.1. The normalized spacial score (nSPS) is 11.4. The van der Waals surface area contributed by atoms with Crippen molar-refractivity contribution in [1.82, 2.24) is 14.9 Å². The van der Waals surface area contributed by atoms with Gasteiger partial charge in [0.25, 0.3) is 5.56 Å². The Balaban J connectivity index is 1.85. The van der Waals surface area contributed by atoms with E-state index in [0.717, 1.165) is 17.7 Å². The van der Waals surface area contributed by atoms with Crippen LogP contribution in [0.2, 0.25) is 0 Å². The van der Waals surface area contributed by atoms with Crippen LogP contribution in [0.4, 0.5) is 5.95 Å². The number of benzene rings is 2. The average Bonchev–Trinajstić information content (AvgIpc) is 2.78. The summed E-state index contributed by atoms with van der Waals surface area (Å²) in [6.45, 7) is 9.57. The lowest BCUT2D eigenvalue weighted by Gasteiger charge is -2.31. The number of aromatic nitrogens is 2. The maximum Gasteiger partial charge on any atom is 0.270 e. The molecule has 0 aliphatic heterocycles. The van der Waals surface area contributed by atoms with Crippen LogP contribution in [0.15, 0.2) is 64.5 Å². The fourth-order valence-corrected chi connectivity index (χ4v) is 3.56. The molecule has 0 unspecified atom stereocenters. The topological polar surface area (TPSA) is 97.2 Å². The Bertz CT molecular complexity index is 1170. The molecule has 1 aromatic heterocycles. The van der Waals surface area contributed by atoms with Crippen LogP contribution in [0.1, 0.15) is 44.4 Å². The van der Waals surface area contributed by atoms with Crippen LogP contribution in [0.3, 0.4) is 0 Å². The zero-order valence-electron chi connectivity index (χ0n) is 18.8. The highest BCUT2D eigenvalue weighted by molar-refractivity contribution is 5.82. The van der Waals surface area contributed by atoms with Crippen molar-refractivity contribution >= 4 is 12.2 Å². The molecule has 3 rings (SSSR count). The Kier molecular flexibility index (Phi) is 7.53. The number of hydrogen-bond acceptors (Lipinski definition) is 6. The molecule has 0 spiro atoms. The lowest BCUT2D eigenvalue weighted by molar-refractivity contribution is 0.166. The number of nitrogens with one attached hydrogen (secondary N) is 2. The number of aromatic amines is 1. The first kappa shape index (κ1) is 22.9. The van der Waals surface area contributed by atoms with Crippen LogP contribution in [0.25, 0.3) is 11.3 Å². The Morgan fingerprint density at radius 1 is 1.09 bits per heavy atom. The third-order valence-corrected chi connectivity index (χ3v) is 5.19. The van der Waals surface area contributed by atoms with Gasteiger partial charge in [-0.25, -0.2) is 10.4 Å². The smallest absolute Gasteiger partial charge is 0.270 e. The summed E-state index contributed by atoms with van der Waals surface area (Å²) in [6, 6.07) is 20.0. The van der Waals surface area contributed by atoms with Crippen LogP contribution in [-0.2, 0) is 6.54 Å². The van der Waals surface area contributed by atoms with Gasteiger partial charge in [-0.3, -0.25) is 14.7 Å². The lowest BCUT2D eigenvalue weighted by atomic mass is 10.1. The van der Waals surface area contributed by atoms with E-state index in [9.17, 15) is 10.1 Å². The maximum absolute atomic E-state index is 12.4. The second kappa shape index (κ2) is 10.5. The Hall–Kier alpha value is -3.76. The van der Waals surface area contributed by atoms with E-state index >= 15 is 0 Å². The molecular formula is C25H28N6O. The SMILES string of the molecule is CC(C)N(Cc1ccccc1C=NNc1nc(-c2ccccc2)c(C#N)c(=O)[nH]1)C(C)C. The molecule has 164 valence electrons. The molecule has 7 heteroatoms. The molecule has 0 saturated heterocycles. The third-order valence-electron chi connectivity index (χ3n) is 5.19. The van der Waals surface area contributed by atoms with E-state index in [2.05, 4.69) is 59.2 Å². The predicted molar refractivity (Wildman–Crippen MR) is 128 cm³/mol. The molecule has 2 N–H and O–H groups in total. The number of nitrogens with zero attached hydrogens (tertiary/aromatic N) is 4. The summed E-state index contributed by atoms with van der Waals surface area (Å²) in [5.74, 6) is 0.174. The monoisotopic (exact) mass is 428 g/mol. The summed E-state index contributed by atoms with van der Waals surface area (Å²) in [7, 11) is 0. The van der Waals surface area contributed by atoms with Crippen molar-refractivity contribution < 1.29 is 0 Å². The van der Waals surface area contributed by atoms with Crippen molar-refractivity contribution in [3.05, 3.63) is 81.6 Å². The third kappa shape index (κ3) is 5.48. The van der Waals surface area contributed by atoms with Crippen molar-refractivity contribution in [2.45, 2.75) is 46.3 Å². The first-order chi connectivity index (χ1) is 15.4. The average molecular weight is 429 g/mol. The molecule has 0 aliphatic carbocycles. The summed E-state index contributed by atoms with van der Waals surface area (Å²) in [4.78, 5) is 21.8. The Morgan fingerprint density at radius 3 is 2.41 bits per heavy atom. The van der Waals surface area contributed by atoms with E-state index in [0.29, 0.717) is 23.3 Å². The molecule has 1 heterocycles. The molecule has 0 amide bonds. The lowest BCUT2D eigenvalue weighted by Crippen LogP contribution is -2.36. The number of hydrogen-bond donors (Lipinski definition) is 2. The van der Waals surface area contributed by atoms with Crippen molar-refractivity contribution in [3.63, 3.8) is 0 Å². The summed E-state index contributed by atoms with van der Waals surface area (Å²) < 4.78 is 0. The zero-order valence-corrected chi connectivity index (χ0v) is 18.8. The minimum Gasteiger partial charge on any atom is -0.294 e. The van der Waals surface area contributed by atoms with Gasteiger partial charge in [0.1, 0.15) is 11.6 Å². The van der Waals surface area contributed by atoms with E-state index in [1.165, 1.54) is 0 Å². The van der Waals surface area contributed by atoms with Crippen LogP contribution in [0.5, 0.6) is 0 Å². The van der Waals surface area contributed by atoms with Gasteiger partial charge in [-0.2, -0.15) is 10.4 Å². The van der Waals surface area contributed by atoms with E-state index in [4.69, 9.17) is 0 Å². The van der Waals surface area contributed by atoms with Gasteiger partial charge in [0.15, 0.2) is 0 Å². The first-order valence-electron chi connectivity index (χ1n) is 10.6. The molecule has 0 radical (unpaired) electrons. The quantitative estimate of drug-likeness (QED) is 0.410. The molecule has 0 fully saturated rings. The summed E-state index contributed by atoms with van der Waals surface area (Å²) in [5, 5.41) is 13.7. The van der Waals surface area contributed by atoms with Crippen LogP contribution >= 0.6 is 0 Å². The second-order valence-corrected chi connectivity index (χ2v) is 8.04. The molecule has 0 bridgehead atoms. The van der Waals surface area contributed by atoms with E-state index in [1.807, 2.05) is 42.5 Å². The largest absolute Gasteiger partial charge is 0.294 e. The highest BCUT2D eigenvalue weighted by Crippen LogP contribution is 2.19. The van der Waals surface area contributed by atoms with Gasteiger partial charge < -0.3 is 0 Å². The summed E-state index contributed by atoms with van der Waals surface area (Å²) in [6.07, 6.45) is 1.72. The standard InChI is InChI=1S/C25H28N6O/c1-17(2)31(18(3)4)16-21-13-9-8-12-20(21)15-27-30-25-28-23(19-10-6-5-7-11-19)22(14-26)24(32)29-25/h5-13,15,17-18H,16H2,1-4H3,(H2,28,29,30,32). The Morgan fingerprint density at radius 2 is 1.75 bits per heavy atom. The van der Waals surface area contributed by atoms with Crippen LogP contribution < -0.4 is 11.0 Å². The van der Waals surface area contributed by atoms with Gasteiger partial charge in [0.05, 0.1) is 11.9 Å². The Labute approximate surface area is 188 Å². The van der Waals surface area contributed by atoms with Gasteiger partial charge in [-0.15, -0.1) is 0 Å². The van der Waals surface area contributed by atoms with Gasteiger partial charge >= 0.3 is 0 Å². The second-order valence-electron chi connectivity index (χ2n) is 8.04. The molecule has 7 nitrogen and oxygen atoms in total. The van der Waals surface area contributed by atoms with Crippen LogP contribution in [-0.4, -0.2) is 33.2 Å². The molecule has 32 heavy (non-hydrogen) atoms. The highest BCUT2D eigenvalue weighted by Gasteiger charge is 2.15. The van der Waals surface area contributed by atoms with Crippen molar-refractivity contribution in [3.8, 4) is 17.3 Å². The number of rotatable bonds is 8. The van der Waals surface area contributed by atoms with E-state index in [-0.39, 0.29) is 11.5 Å². The number of hydrazone groups is 1. The molecule has 0 saturated carbocycles. The van der Waals surface area contributed by atoms with Gasteiger partial charge in [0.2, 0.25) is 5.95 Å². The minimum atomic E-state index is -0.510. The van der Waals surface area contributed by atoms with Crippen molar-refractivity contribution in [2.24, 2.45) is 5.10 Å². The number of anilines is 1. The van der Waals surface area contributed by atoms with Gasteiger partial charge in [-0.05, 0) is 38.8 Å². The molecule has 3 aromatic rings. The predicted octanol–water partition coefficient (Wildman–Crippen LogP) is 4.37.